The fraction of sp³-hybridized carbons (Fsp3) is 0.545. The van der Waals surface area contributed by atoms with Crippen LogP contribution in [0.15, 0.2) is 12.3 Å². The summed E-state index contributed by atoms with van der Waals surface area (Å²) in [6, 6.07) is 1.29. The number of H-pyrrole nitrogens is 1. The van der Waals surface area contributed by atoms with Gasteiger partial charge in [-0.05, 0) is 18.8 Å². The van der Waals surface area contributed by atoms with Gasteiger partial charge in [0.15, 0.2) is 0 Å². The number of carbonyl (C=O) groups excluding carboxylic acids is 1. The van der Waals surface area contributed by atoms with Crippen LogP contribution in [0.4, 0.5) is 5.69 Å². The average Bonchev–Trinajstić information content (AvgIpc) is 2.78. The van der Waals surface area contributed by atoms with Crippen molar-refractivity contribution in [3.8, 4) is 0 Å². The zero-order valence-electron chi connectivity index (χ0n) is 9.68. The molecule has 1 N–H and O–H groups in total. The first-order chi connectivity index (χ1) is 8.08. The van der Waals surface area contributed by atoms with E-state index in [0.29, 0.717) is 11.6 Å². The van der Waals surface area contributed by atoms with Crippen molar-refractivity contribution < 1.29 is 9.72 Å². The monoisotopic (exact) mass is 237 g/mol. The Balaban J connectivity index is 2.06. The van der Waals surface area contributed by atoms with Crippen LogP contribution < -0.4 is 0 Å². The Morgan fingerprint density at radius 3 is 2.71 bits per heavy atom. The summed E-state index contributed by atoms with van der Waals surface area (Å²) in [5.41, 5.74) is 0.227. The van der Waals surface area contributed by atoms with Gasteiger partial charge in [0.1, 0.15) is 5.69 Å². The molecule has 2 heterocycles. The van der Waals surface area contributed by atoms with E-state index in [4.69, 9.17) is 0 Å². The maximum Gasteiger partial charge on any atom is 0.287 e. The van der Waals surface area contributed by atoms with Gasteiger partial charge in [-0.2, -0.15) is 0 Å². The lowest BCUT2D eigenvalue weighted by atomic mass is 9.99. The molecule has 1 aromatic heterocycles. The Labute approximate surface area is 98.8 Å². The Morgan fingerprint density at radius 1 is 1.53 bits per heavy atom. The van der Waals surface area contributed by atoms with Gasteiger partial charge in [-0.25, -0.2) is 0 Å². The number of piperidine rings is 1. The third-order valence-electron chi connectivity index (χ3n) is 3.18. The predicted molar refractivity (Wildman–Crippen MR) is 61.7 cm³/mol. The predicted octanol–water partition coefficient (Wildman–Crippen LogP) is 1.79. The van der Waals surface area contributed by atoms with Gasteiger partial charge in [0.2, 0.25) is 0 Å². The molecule has 0 aromatic carbocycles. The van der Waals surface area contributed by atoms with E-state index in [-0.39, 0.29) is 11.6 Å². The molecule has 0 unspecified atom stereocenters. The van der Waals surface area contributed by atoms with E-state index >= 15 is 0 Å². The molecule has 1 amide bonds. The number of amides is 1. The van der Waals surface area contributed by atoms with Gasteiger partial charge in [0, 0.05) is 19.2 Å². The van der Waals surface area contributed by atoms with E-state index in [1.165, 1.54) is 12.3 Å². The van der Waals surface area contributed by atoms with E-state index in [1.54, 1.807) is 4.90 Å². The minimum Gasteiger partial charge on any atom is -0.351 e. The summed E-state index contributed by atoms with van der Waals surface area (Å²) in [5.74, 6) is 0.502. The molecular formula is C11H15N3O3. The van der Waals surface area contributed by atoms with E-state index in [9.17, 15) is 14.9 Å². The molecule has 0 spiro atoms. The standard InChI is InChI=1S/C11H15N3O3/c1-8-2-4-13(5-3-8)11(15)10-6-9(7-12-10)14(16)17/h6-8,12H,2-5H2,1H3. The first-order valence-corrected chi connectivity index (χ1v) is 5.70. The summed E-state index contributed by atoms with van der Waals surface area (Å²) in [6.45, 7) is 3.63. The summed E-state index contributed by atoms with van der Waals surface area (Å²) in [4.78, 5) is 26.4. The van der Waals surface area contributed by atoms with Crippen molar-refractivity contribution in [2.24, 2.45) is 5.92 Å². The normalized spacial score (nSPS) is 17.1. The third kappa shape index (κ3) is 2.46. The zero-order chi connectivity index (χ0) is 12.4. The number of aromatic amines is 1. The fourth-order valence-electron chi connectivity index (χ4n) is 1.99. The second kappa shape index (κ2) is 4.57. The lowest BCUT2D eigenvalue weighted by Gasteiger charge is -2.29. The largest absolute Gasteiger partial charge is 0.351 e. The van der Waals surface area contributed by atoms with Crippen LogP contribution in [-0.2, 0) is 0 Å². The zero-order valence-corrected chi connectivity index (χ0v) is 9.68. The molecule has 6 heteroatoms. The van der Waals surface area contributed by atoms with Crippen LogP contribution in [0, 0.1) is 16.0 Å². The van der Waals surface area contributed by atoms with Crippen molar-refractivity contribution in [2.75, 3.05) is 13.1 Å². The van der Waals surface area contributed by atoms with Crippen LogP contribution in [0.5, 0.6) is 0 Å². The van der Waals surface area contributed by atoms with Gasteiger partial charge in [-0.15, -0.1) is 0 Å². The van der Waals surface area contributed by atoms with E-state index in [2.05, 4.69) is 11.9 Å². The molecule has 0 radical (unpaired) electrons. The molecule has 1 aliphatic heterocycles. The van der Waals surface area contributed by atoms with Crippen molar-refractivity contribution in [3.05, 3.63) is 28.1 Å². The summed E-state index contributed by atoms with van der Waals surface area (Å²) in [6.07, 6.45) is 3.24. The first-order valence-electron chi connectivity index (χ1n) is 5.70. The van der Waals surface area contributed by atoms with Gasteiger partial charge in [0.05, 0.1) is 11.1 Å². The quantitative estimate of drug-likeness (QED) is 0.629. The number of rotatable bonds is 2. The van der Waals surface area contributed by atoms with Crippen molar-refractivity contribution in [1.82, 2.24) is 9.88 Å². The number of nitrogens with one attached hydrogen (secondary N) is 1. The van der Waals surface area contributed by atoms with Crippen molar-refractivity contribution in [3.63, 3.8) is 0 Å². The van der Waals surface area contributed by atoms with Gasteiger partial charge in [-0.1, -0.05) is 6.92 Å². The molecule has 6 nitrogen and oxygen atoms in total. The maximum atomic E-state index is 12.0. The fourth-order valence-corrected chi connectivity index (χ4v) is 1.99. The van der Waals surface area contributed by atoms with Gasteiger partial charge >= 0.3 is 0 Å². The highest BCUT2D eigenvalue weighted by Crippen LogP contribution is 2.19. The number of hydrogen-bond acceptors (Lipinski definition) is 3. The van der Waals surface area contributed by atoms with Crippen LogP contribution >= 0.6 is 0 Å². The second-order valence-corrected chi connectivity index (χ2v) is 4.50. The van der Waals surface area contributed by atoms with E-state index in [0.717, 1.165) is 25.9 Å². The van der Waals surface area contributed by atoms with Gasteiger partial charge in [-0.3, -0.25) is 14.9 Å². The number of nitro groups is 1. The molecule has 2 rings (SSSR count). The first kappa shape index (κ1) is 11.6. The maximum absolute atomic E-state index is 12.0. The Hall–Kier alpha value is -1.85. The molecule has 92 valence electrons. The van der Waals surface area contributed by atoms with Crippen molar-refractivity contribution in [2.45, 2.75) is 19.8 Å². The topological polar surface area (TPSA) is 79.2 Å². The summed E-state index contributed by atoms with van der Waals surface area (Å²) < 4.78 is 0. The van der Waals surface area contributed by atoms with E-state index < -0.39 is 4.92 Å². The van der Waals surface area contributed by atoms with Gasteiger partial charge in [0.25, 0.3) is 11.6 Å². The number of aromatic nitrogens is 1. The highest BCUT2D eigenvalue weighted by molar-refractivity contribution is 5.93. The van der Waals surface area contributed by atoms with Crippen molar-refractivity contribution >= 4 is 11.6 Å². The molecule has 0 saturated carbocycles. The molecule has 0 bridgehead atoms. The average molecular weight is 237 g/mol. The van der Waals surface area contributed by atoms with E-state index in [1.807, 2.05) is 0 Å². The molecule has 0 atom stereocenters. The summed E-state index contributed by atoms with van der Waals surface area (Å²) in [7, 11) is 0. The number of likely N-dealkylation sites (tertiary alicyclic amines) is 1. The molecular weight excluding hydrogens is 222 g/mol. The number of hydrogen-bond donors (Lipinski definition) is 1. The molecule has 1 aromatic rings. The summed E-state index contributed by atoms with van der Waals surface area (Å²) in [5, 5.41) is 10.5. The van der Waals surface area contributed by atoms with Crippen LogP contribution in [-0.4, -0.2) is 33.8 Å². The molecule has 17 heavy (non-hydrogen) atoms. The minimum absolute atomic E-state index is 0.0706. The molecule has 1 fully saturated rings. The van der Waals surface area contributed by atoms with Crippen LogP contribution in [0.2, 0.25) is 0 Å². The third-order valence-corrected chi connectivity index (χ3v) is 3.18. The van der Waals surface area contributed by atoms with Crippen molar-refractivity contribution in [1.29, 1.82) is 0 Å². The molecule has 1 saturated heterocycles. The second-order valence-electron chi connectivity index (χ2n) is 4.50. The van der Waals surface area contributed by atoms with Crippen LogP contribution in [0.25, 0.3) is 0 Å². The number of nitrogens with zero attached hydrogens (tertiary/aromatic N) is 2. The summed E-state index contributed by atoms with van der Waals surface area (Å²) >= 11 is 0. The molecule has 1 aliphatic rings. The smallest absolute Gasteiger partial charge is 0.287 e. The lowest BCUT2D eigenvalue weighted by Crippen LogP contribution is -2.38. The Morgan fingerprint density at radius 2 is 2.18 bits per heavy atom. The lowest BCUT2D eigenvalue weighted by molar-refractivity contribution is -0.384. The Kier molecular flexibility index (Phi) is 3.12. The van der Waals surface area contributed by atoms with Crippen LogP contribution in [0.1, 0.15) is 30.3 Å². The minimum atomic E-state index is -0.508. The highest BCUT2D eigenvalue weighted by atomic mass is 16.6. The SMILES string of the molecule is CC1CCN(C(=O)c2cc([N+](=O)[O-])c[nH]2)CC1. The number of carbonyl (C=O) groups is 1. The Bertz CT molecular complexity index is 433. The molecule has 0 aliphatic carbocycles. The van der Waals surface area contributed by atoms with Crippen LogP contribution in [0.3, 0.4) is 0 Å². The highest BCUT2D eigenvalue weighted by Gasteiger charge is 2.23. The van der Waals surface area contributed by atoms with Gasteiger partial charge < -0.3 is 9.88 Å².